The monoisotopic (exact) mass is 840 g/mol. The van der Waals surface area contributed by atoms with E-state index in [4.69, 9.17) is 19.2 Å². The van der Waals surface area contributed by atoms with Crippen molar-refractivity contribution in [2.75, 3.05) is 38.8 Å². The van der Waals surface area contributed by atoms with Gasteiger partial charge in [0.1, 0.15) is 34.7 Å². The molecule has 1 aromatic heterocycles. The van der Waals surface area contributed by atoms with Gasteiger partial charge in [-0.15, -0.1) is 0 Å². The van der Waals surface area contributed by atoms with Crippen molar-refractivity contribution < 1.29 is 46.2 Å². The van der Waals surface area contributed by atoms with E-state index < -0.39 is 74.1 Å². The number of amides is 2. The van der Waals surface area contributed by atoms with E-state index in [-0.39, 0.29) is 62.8 Å². The van der Waals surface area contributed by atoms with Crippen molar-refractivity contribution in [3.8, 4) is 11.6 Å². The summed E-state index contributed by atoms with van der Waals surface area (Å²) in [4.78, 5) is 65.6. The Bertz CT molecular complexity index is 2080. The third-order valence-electron chi connectivity index (χ3n) is 12.8. The fourth-order valence-corrected chi connectivity index (χ4v) is 10.2. The topological polar surface area (TPSA) is 162 Å². The van der Waals surface area contributed by atoms with E-state index in [1.165, 1.54) is 4.90 Å². The van der Waals surface area contributed by atoms with Crippen molar-refractivity contribution in [1.82, 2.24) is 14.6 Å². The molecule has 6 rings (SSSR count). The largest absolute Gasteiger partial charge is 0.497 e. The van der Waals surface area contributed by atoms with Gasteiger partial charge in [0.25, 0.3) is 0 Å². The van der Waals surface area contributed by atoms with Gasteiger partial charge in [-0.1, -0.05) is 26.0 Å². The second-order valence-corrected chi connectivity index (χ2v) is 20.5. The summed E-state index contributed by atoms with van der Waals surface area (Å²) in [5.41, 5.74) is -2.17. The molecule has 324 valence electrons. The number of halogens is 1. The highest BCUT2D eigenvalue weighted by Crippen LogP contribution is 2.58. The first-order valence-electron chi connectivity index (χ1n) is 21.0. The molecular formula is C44H61FN4O9S. The van der Waals surface area contributed by atoms with E-state index in [0.29, 0.717) is 42.2 Å². The van der Waals surface area contributed by atoms with E-state index in [2.05, 4.69) is 11.6 Å². The van der Waals surface area contributed by atoms with Crippen molar-refractivity contribution in [3.63, 3.8) is 0 Å². The minimum Gasteiger partial charge on any atom is -0.497 e. The number of fused-ring (bicyclic) bond motifs is 3. The van der Waals surface area contributed by atoms with Crippen molar-refractivity contribution >= 4 is 50.2 Å². The molecule has 13 nitrogen and oxygen atoms in total. The lowest BCUT2D eigenvalue weighted by Gasteiger charge is -2.32. The lowest BCUT2D eigenvalue weighted by atomic mass is 9.82. The first-order valence-corrected chi connectivity index (χ1v) is 22.4. The van der Waals surface area contributed by atoms with E-state index in [1.807, 2.05) is 56.1 Å². The number of esters is 1. The molecule has 4 aliphatic rings. The molecule has 0 radical (unpaired) electrons. The van der Waals surface area contributed by atoms with Gasteiger partial charge in [0.05, 0.1) is 37.5 Å². The Morgan fingerprint density at radius 1 is 1.12 bits per heavy atom. The molecule has 2 aliphatic heterocycles. The molecule has 1 aromatic carbocycles. The number of hydrogen-bond donors (Lipinski definition) is 1. The zero-order valence-electron chi connectivity index (χ0n) is 35.7. The first kappa shape index (κ1) is 44.3. The number of sulfonamides is 1. The van der Waals surface area contributed by atoms with Crippen LogP contribution in [0.1, 0.15) is 99.3 Å². The van der Waals surface area contributed by atoms with E-state index in [9.17, 15) is 27.2 Å². The van der Waals surface area contributed by atoms with Crippen LogP contribution in [0.2, 0.25) is 0 Å². The van der Waals surface area contributed by atoms with Crippen LogP contribution in [0, 0.1) is 29.1 Å². The molecular weight excluding hydrogens is 780 g/mol. The number of rotatable bonds is 11. The SMILES string of the molecule is CCN(C)c1cc2cc(OC)ccc2c(O[C@@H]2C[C@H]3C(=O)C[C@]4(C(=O)NS(=O)(=O)C5(CF)CC5)C[C@H]4/C=C\CC[C@@H](C)C[C@@H](C)[C@H](CC(=O)OC(C)(C)C)C(=O)N3C2)n1. The molecule has 59 heavy (non-hydrogen) atoms. The number of aromatic nitrogens is 1. The summed E-state index contributed by atoms with van der Waals surface area (Å²) >= 11 is 0. The number of ether oxygens (including phenoxy) is 3. The summed E-state index contributed by atoms with van der Waals surface area (Å²) in [6.45, 7) is 10.9. The van der Waals surface area contributed by atoms with Gasteiger partial charge < -0.3 is 24.0 Å². The van der Waals surface area contributed by atoms with Gasteiger partial charge in [-0.25, -0.2) is 12.8 Å². The summed E-state index contributed by atoms with van der Waals surface area (Å²) < 4.78 is 58.9. The van der Waals surface area contributed by atoms with Gasteiger partial charge in [-0.3, -0.25) is 23.9 Å². The van der Waals surface area contributed by atoms with Crippen LogP contribution in [-0.4, -0.2) is 98.3 Å². The molecule has 2 amide bonds. The Kier molecular flexibility index (Phi) is 12.8. The number of ketones is 1. The van der Waals surface area contributed by atoms with Crippen LogP contribution in [0.3, 0.4) is 0 Å². The zero-order chi connectivity index (χ0) is 43.1. The molecule has 2 aromatic rings. The molecule has 3 fully saturated rings. The number of allylic oxidation sites excluding steroid dienone is 2. The summed E-state index contributed by atoms with van der Waals surface area (Å²) in [6, 6.07) is 6.42. The molecule has 0 bridgehead atoms. The van der Waals surface area contributed by atoms with Crippen LogP contribution in [0.5, 0.6) is 11.6 Å². The number of nitrogens with one attached hydrogen (secondary N) is 1. The van der Waals surface area contributed by atoms with Crippen molar-refractivity contribution in [1.29, 1.82) is 0 Å². The lowest BCUT2D eigenvalue weighted by molar-refractivity contribution is -0.160. The van der Waals surface area contributed by atoms with Crippen LogP contribution < -0.4 is 19.1 Å². The highest BCUT2D eigenvalue weighted by Gasteiger charge is 2.63. The van der Waals surface area contributed by atoms with Gasteiger partial charge in [-0.2, -0.15) is 4.98 Å². The Morgan fingerprint density at radius 3 is 2.49 bits per heavy atom. The highest BCUT2D eigenvalue weighted by molar-refractivity contribution is 7.91. The highest BCUT2D eigenvalue weighted by atomic mass is 32.2. The molecule has 1 N–H and O–H groups in total. The van der Waals surface area contributed by atoms with Crippen molar-refractivity contribution in [3.05, 3.63) is 36.4 Å². The van der Waals surface area contributed by atoms with Crippen LogP contribution in [-0.2, 0) is 33.9 Å². The molecule has 0 spiro atoms. The molecule has 2 aliphatic carbocycles. The zero-order valence-corrected chi connectivity index (χ0v) is 36.5. The summed E-state index contributed by atoms with van der Waals surface area (Å²) in [7, 11) is -0.849. The van der Waals surface area contributed by atoms with Crippen LogP contribution in [0.4, 0.5) is 10.2 Å². The van der Waals surface area contributed by atoms with E-state index in [1.54, 1.807) is 33.9 Å². The predicted octanol–water partition coefficient (Wildman–Crippen LogP) is 6.32. The molecule has 15 heteroatoms. The molecule has 2 saturated carbocycles. The molecule has 0 unspecified atom stereocenters. The Morgan fingerprint density at radius 2 is 1.85 bits per heavy atom. The molecule has 3 heterocycles. The number of pyridine rings is 1. The maximum absolute atomic E-state index is 15.0. The maximum Gasteiger partial charge on any atom is 0.307 e. The van der Waals surface area contributed by atoms with Gasteiger partial charge in [0.15, 0.2) is 5.78 Å². The van der Waals surface area contributed by atoms with Crippen LogP contribution >= 0.6 is 0 Å². The number of benzene rings is 1. The van der Waals surface area contributed by atoms with Crippen LogP contribution in [0.25, 0.3) is 10.8 Å². The average molecular weight is 841 g/mol. The Balaban J connectivity index is 1.38. The number of carbonyl (C=O) groups excluding carboxylic acids is 4. The number of Topliss-reactive ketones (excluding diaryl/α,β-unsaturated/α-hetero) is 1. The van der Waals surface area contributed by atoms with Gasteiger partial charge >= 0.3 is 5.97 Å². The van der Waals surface area contributed by atoms with E-state index in [0.717, 1.165) is 11.8 Å². The van der Waals surface area contributed by atoms with Crippen molar-refractivity contribution in [2.24, 2.45) is 29.1 Å². The minimum absolute atomic E-state index is 0.00539. The third-order valence-corrected chi connectivity index (χ3v) is 14.9. The average Bonchev–Trinajstić information content (AvgIpc) is 4.08. The third kappa shape index (κ3) is 9.55. The van der Waals surface area contributed by atoms with Gasteiger partial charge in [0, 0.05) is 31.8 Å². The second-order valence-electron chi connectivity index (χ2n) is 18.5. The number of hydrogen-bond acceptors (Lipinski definition) is 11. The maximum atomic E-state index is 15.0. The summed E-state index contributed by atoms with van der Waals surface area (Å²) in [6.07, 6.45) is 5.22. The number of methoxy groups -OCH3 is 1. The summed E-state index contributed by atoms with van der Waals surface area (Å²) in [5.74, 6) is -1.87. The smallest absolute Gasteiger partial charge is 0.307 e. The molecule has 7 atom stereocenters. The minimum atomic E-state index is -4.35. The quantitative estimate of drug-likeness (QED) is 0.199. The van der Waals surface area contributed by atoms with Crippen molar-refractivity contribution in [2.45, 2.75) is 122 Å². The predicted molar refractivity (Wildman–Crippen MR) is 222 cm³/mol. The van der Waals surface area contributed by atoms with Gasteiger partial charge in [-0.05, 0) is 114 Å². The van der Waals surface area contributed by atoms with E-state index >= 15 is 4.79 Å². The summed E-state index contributed by atoms with van der Waals surface area (Å²) in [5, 5.41) is 1.53. The Hall–Kier alpha value is -4.27. The fourth-order valence-electron chi connectivity index (χ4n) is 8.72. The van der Waals surface area contributed by atoms with Gasteiger partial charge in [0.2, 0.25) is 27.7 Å². The second kappa shape index (κ2) is 17.0. The normalized spacial score (nSPS) is 29.0. The number of anilines is 1. The van der Waals surface area contributed by atoms with Crippen LogP contribution in [0.15, 0.2) is 36.4 Å². The lowest BCUT2D eigenvalue weighted by Crippen LogP contribution is -2.48. The number of alkyl halides is 1. The Labute approximate surface area is 347 Å². The number of carbonyl (C=O) groups is 4. The standard InChI is InChI=1S/C44H61FN4O9S/c1-9-48(7)37-20-29-19-31(56-8)14-15-33(29)39(46-37)57-32-21-35-36(50)24-44(41(53)47-59(54,55)43(26-45)16-17-43)23-30(44)13-11-10-12-27(2)18-28(3)34(40(52)49(35)25-32)22-38(51)58-42(4,5)6/h11,13-15,19-20,27-28,30,32,34-35H,9-10,12,16-18,21-26H2,1-8H3,(H,47,53)/b13-11-/t27-,28-,30-,32-,34+,35+,44-/m1/s1. The number of nitrogens with zero attached hydrogens (tertiary/aromatic N) is 3. The molecule has 1 saturated heterocycles. The fraction of sp³-hybridized carbons (Fsp3) is 0.659. The first-order chi connectivity index (χ1) is 27.7.